The molecular weight excluding hydrogens is 272 g/mol. The second-order valence-electron chi connectivity index (χ2n) is 3.82. The first-order valence-corrected chi connectivity index (χ1v) is 5.74. The van der Waals surface area contributed by atoms with Gasteiger partial charge in [0.15, 0.2) is 6.04 Å². The zero-order valence-corrected chi connectivity index (χ0v) is 11.1. The standard InChI is InChI=1S/C12H13ClN2O4/c1-7(16)15(2)12(19)14-10(11(17)18)8-5-3-4-6-9(8)13/h3-6,10H,1-2H3,(H,14,19)(H,17,18). The number of benzene rings is 1. The van der Waals surface area contributed by atoms with Gasteiger partial charge in [-0.2, -0.15) is 0 Å². The van der Waals surface area contributed by atoms with Crippen LogP contribution in [0.25, 0.3) is 0 Å². The third-order valence-corrected chi connectivity index (χ3v) is 2.85. The molecule has 0 aliphatic carbocycles. The van der Waals surface area contributed by atoms with E-state index in [1.165, 1.54) is 26.1 Å². The highest BCUT2D eigenvalue weighted by Gasteiger charge is 2.26. The van der Waals surface area contributed by atoms with Gasteiger partial charge in [0.05, 0.1) is 0 Å². The number of carboxylic acids is 1. The van der Waals surface area contributed by atoms with Crippen LogP contribution in [0.4, 0.5) is 4.79 Å². The van der Waals surface area contributed by atoms with Crippen molar-refractivity contribution >= 4 is 29.5 Å². The van der Waals surface area contributed by atoms with Gasteiger partial charge in [0.2, 0.25) is 5.91 Å². The fourth-order valence-electron chi connectivity index (χ4n) is 1.35. The molecule has 102 valence electrons. The zero-order valence-electron chi connectivity index (χ0n) is 10.4. The summed E-state index contributed by atoms with van der Waals surface area (Å²) in [5, 5.41) is 11.6. The smallest absolute Gasteiger partial charge is 0.331 e. The summed E-state index contributed by atoms with van der Waals surface area (Å²) in [5.74, 6) is -1.76. The minimum atomic E-state index is -1.32. The Morgan fingerprint density at radius 1 is 1.32 bits per heavy atom. The van der Waals surface area contributed by atoms with Gasteiger partial charge in [0.1, 0.15) is 0 Å². The summed E-state index contributed by atoms with van der Waals surface area (Å²) in [6.45, 7) is 1.20. The highest BCUT2D eigenvalue weighted by atomic mass is 35.5. The van der Waals surface area contributed by atoms with E-state index in [4.69, 9.17) is 16.7 Å². The van der Waals surface area contributed by atoms with Crippen molar-refractivity contribution in [2.75, 3.05) is 7.05 Å². The maximum Gasteiger partial charge on any atom is 0.331 e. The molecule has 0 bridgehead atoms. The summed E-state index contributed by atoms with van der Waals surface area (Å²) in [6, 6.07) is 4.15. The second-order valence-corrected chi connectivity index (χ2v) is 4.23. The molecule has 3 amide bonds. The summed E-state index contributed by atoms with van der Waals surface area (Å²) in [5.41, 5.74) is 0.252. The topological polar surface area (TPSA) is 86.7 Å². The molecule has 0 saturated heterocycles. The van der Waals surface area contributed by atoms with Crippen LogP contribution in [0.3, 0.4) is 0 Å². The first-order chi connectivity index (χ1) is 8.84. The lowest BCUT2D eigenvalue weighted by atomic mass is 10.1. The summed E-state index contributed by atoms with van der Waals surface area (Å²) < 4.78 is 0. The average molecular weight is 285 g/mol. The summed E-state index contributed by atoms with van der Waals surface area (Å²) in [4.78, 5) is 34.7. The van der Waals surface area contributed by atoms with Crippen molar-refractivity contribution in [3.8, 4) is 0 Å². The largest absolute Gasteiger partial charge is 0.479 e. The van der Waals surface area contributed by atoms with Crippen molar-refractivity contribution in [2.24, 2.45) is 0 Å². The molecule has 0 aliphatic rings. The van der Waals surface area contributed by atoms with E-state index >= 15 is 0 Å². The number of hydrogen-bond acceptors (Lipinski definition) is 3. The number of carbonyl (C=O) groups is 3. The van der Waals surface area contributed by atoms with Gasteiger partial charge in [-0.3, -0.25) is 9.69 Å². The van der Waals surface area contributed by atoms with Crippen molar-refractivity contribution in [3.05, 3.63) is 34.9 Å². The number of urea groups is 1. The molecule has 0 aromatic heterocycles. The van der Waals surface area contributed by atoms with Crippen LogP contribution in [0.2, 0.25) is 5.02 Å². The zero-order chi connectivity index (χ0) is 14.6. The SMILES string of the molecule is CC(=O)N(C)C(=O)NC(C(=O)O)c1ccccc1Cl. The maximum absolute atomic E-state index is 11.7. The van der Waals surface area contributed by atoms with Gasteiger partial charge >= 0.3 is 12.0 Å². The van der Waals surface area contributed by atoms with Crippen molar-refractivity contribution < 1.29 is 19.5 Å². The molecule has 2 N–H and O–H groups in total. The number of hydrogen-bond donors (Lipinski definition) is 2. The lowest BCUT2D eigenvalue weighted by molar-refractivity contribution is -0.139. The van der Waals surface area contributed by atoms with Gasteiger partial charge in [-0.1, -0.05) is 29.8 Å². The number of aliphatic carboxylic acids is 1. The van der Waals surface area contributed by atoms with Crippen LogP contribution in [-0.4, -0.2) is 35.0 Å². The van der Waals surface area contributed by atoms with Gasteiger partial charge in [-0.25, -0.2) is 9.59 Å². The van der Waals surface area contributed by atoms with Crippen LogP contribution in [-0.2, 0) is 9.59 Å². The fraction of sp³-hybridized carbons (Fsp3) is 0.250. The summed E-state index contributed by atoms with van der Waals surface area (Å²) in [7, 11) is 1.25. The Labute approximate surface area is 115 Å². The molecule has 6 nitrogen and oxygen atoms in total. The molecule has 1 atom stereocenters. The minimum Gasteiger partial charge on any atom is -0.479 e. The molecule has 19 heavy (non-hydrogen) atoms. The Hall–Kier alpha value is -2.08. The predicted octanol–water partition coefficient (Wildman–Crippen LogP) is 1.65. The number of halogens is 1. The second kappa shape index (κ2) is 6.19. The third kappa shape index (κ3) is 3.69. The monoisotopic (exact) mass is 284 g/mol. The first kappa shape index (κ1) is 15.0. The molecule has 1 aromatic carbocycles. The fourth-order valence-corrected chi connectivity index (χ4v) is 1.59. The molecule has 0 spiro atoms. The third-order valence-electron chi connectivity index (χ3n) is 2.51. The van der Waals surface area contributed by atoms with Crippen molar-refractivity contribution in [2.45, 2.75) is 13.0 Å². The predicted molar refractivity (Wildman–Crippen MR) is 68.8 cm³/mol. The molecule has 0 radical (unpaired) electrons. The van der Waals surface area contributed by atoms with E-state index in [9.17, 15) is 14.4 Å². The highest BCUT2D eigenvalue weighted by Crippen LogP contribution is 2.23. The molecule has 7 heteroatoms. The molecule has 0 saturated carbocycles. The number of rotatable bonds is 3. The number of amides is 3. The Bertz CT molecular complexity index is 518. The van der Waals surface area contributed by atoms with Crippen molar-refractivity contribution in [1.29, 1.82) is 0 Å². The number of imide groups is 1. The Morgan fingerprint density at radius 3 is 2.37 bits per heavy atom. The van der Waals surface area contributed by atoms with Crippen LogP contribution in [0.1, 0.15) is 18.5 Å². The van der Waals surface area contributed by atoms with Crippen LogP contribution in [0.5, 0.6) is 0 Å². The number of carboxylic acid groups (broad SMARTS) is 1. The van der Waals surface area contributed by atoms with Crippen LogP contribution < -0.4 is 5.32 Å². The molecule has 1 aromatic rings. The van der Waals surface area contributed by atoms with Crippen molar-refractivity contribution in [3.63, 3.8) is 0 Å². The number of carbonyl (C=O) groups excluding carboxylic acids is 2. The van der Waals surface area contributed by atoms with Crippen LogP contribution in [0.15, 0.2) is 24.3 Å². The normalized spacial score (nSPS) is 11.5. The van der Waals surface area contributed by atoms with Gasteiger partial charge in [0.25, 0.3) is 0 Å². The highest BCUT2D eigenvalue weighted by molar-refractivity contribution is 6.31. The lowest BCUT2D eigenvalue weighted by Gasteiger charge is -2.20. The van der Waals surface area contributed by atoms with E-state index in [0.29, 0.717) is 0 Å². The maximum atomic E-state index is 11.7. The molecule has 0 aliphatic heterocycles. The minimum absolute atomic E-state index is 0.223. The van der Waals surface area contributed by atoms with Gasteiger partial charge in [0, 0.05) is 24.6 Å². The van der Waals surface area contributed by atoms with E-state index < -0.39 is 23.9 Å². The van der Waals surface area contributed by atoms with E-state index in [2.05, 4.69) is 5.32 Å². The van der Waals surface area contributed by atoms with Crippen molar-refractivity contribution in [1.82, 2.24) is 10.2 Å². The molecule has 0 heterocycles. The van der Waals surface area contributed by atoms with Crippen LogP contribution in [0, 0.1) is 0 Å². The van der Waals surface area contributed by atoms with Gasteiger partial charge in [-0.15, -0.1) is 0 Å². The molecular formula is C12H13ClN2O4. The summed E-state index contributed by atoms with van der Waals surface area (Å²) >= 11 is 5.89. The first-order valence-electron chi connectivity index (χ1n) is 5.36. The number of nitrogens with zero attached hydrogens (tertiary/aromatic N) is 1. The Balaban J connectivity index is 2.98. The molecule has 1 unspecified atom stereocenters. The van der Waals surface area contributed by atoms with E-state index in [1.807, 2.05) is 0 Å². The van der Waals surface area contributed by atoms with Crippen LogP contribution >= 0.6 is 11.6 Å². The van der Waals surface area contributed by atoms with E-state index in [1.54, 1.807) is 12.1 Å². The quantitative estimate of drug-likeness (QED) is 0.883. The summed E-state index contributed by atoms with van der Waals surface area (Å²) in [6.07, 6.45) is 0. The Kier molecular flexibility index (Phi) is 4.88. The van der Waals surface area contributed by atoms with Gasteiger partial charge in [-0.05, 0) is 6.07 Å². The van der Waals surface area contributed by atoms with E-state index in [-0.39, 0.29) is 10.6 Å². The molecule has 0 fully saturated rings. The number of nitrogens with one attached hydrogen (secondary N) is 1. The molecule has 1 rings (SSSR count). The van der Waals surface area contributed by atoms with E-state index in [0.717, 1.165) is 4.90 Å². The lowest BCUT2D eigenvalue weighted by Crippen LogP contribution is -2.43. The Morgan fingerprint density at radius 2 is 1.89 bits per heavy atom. The average Bonchev–Trinajstić information content (AvgIpc) is 2.35. The van der Waals surface area contributed by atoms with Gasteiger partial charge < -0.3 is 10.4 Å².